The molecule has 15 heavy (non-hydrogen) atoms. The van der Waals surface area contributed by atoms with Crippen LogP contribution in [-0.4, -0.2) is 15.0 Å². The van der Waals surface area contributed by atoms with Gasteiger partial charge in [-0.25, -0.2) is 8.42 Å². The maximum atomic E-state index is 11.5. The third-order valence-electron chi connectivity index (χ3n) is 1.51. The molecule has 0 aromatic heterocycles. The van der Waals surface area contributed by atoms with Crippen molar-refractivity contribution in [3.63, 3.8) is 0 Å². The van der Waals surface area contributed by atoms with Gasteiger partial charge < -0.3 is 0 Å². The molecule has 1 aromatic rings. The molecule has 0 bridgehead atoms. The third-order valence-corrected chi connectivity index (χ3v) is 3.47. The van der Waals surface area contributed by atoms with Crippen LogP contribution in [-0.2, 0) is 14.9 Å². The van der Waals surface area contributed by atoms with Crippen LogP contribution in [0.25, 0.3) is 0 Å². The zero-order valence-electron chi connectivity index (χ0n) is 7.83. The molecule has 1 N–H and O–H groups in total. The predicted octanol–water partition coefficient (Wildman–Crippen LogP) is 2.22. The quantitative estimate of drug-likeness (QED) is 0.853. The summed E-state index contributed by atoms with van der Waals surface area (Å²) in [4.78, 5) is 6.56. The van der Waals surface area contributed by atoms with Gasteiger partial charge in [-0.1, -0.05) is 28.1 Å². The molecular formula is C8H9Cl2NO3S. The Morgan fingerprint density at radius 1 is 1.33 bits per heavy atom. The maximum Gasteiger partial charge on any atom is 0.262 e. The van der Waals surface area contributed by atoms with Crippen LogP contribution in [0.1, 0.15) is 6.92 Å². The van der Waals surface area contributed by atoms with E-state index in [9.17, 15) is 8.42 Å². The van der Waals surface area contributed by atoms with E-state index in [0.717, 1.165) is 0 Å². The van der Waals surface area contributed by atoms with Crippen LogP contribution in [0.3, 0.4) is 0 Å². The van der Waals surface area contributed by atoms with Crippen molar-refractivity contribution in [1.29, 1.82) is 0 Å². The highest BCUT2D eigenvalue weighted by Crippen LogP contribution is 2.24. The van der Waals surface area contributed by atoms with E-state index in [-0.39, 0.29) is 16.5 Å². The number of hydrogen-bond acceptors (Lipinski definition) is 3. The second kappa shape index (κ2) is 5.14. The van der Waals surface area contributed by atoms with Gasteiger partial charge in [0.25, 0.3) is 10.0 Å². The first-order valence-corrected chi connectivity index (χ1v) is 6.30. The highest BCUT2D eigenvalue weighted by molar-refractivity contribution is 7.89. The topological polar surface area (TPSA) is 55.4 Å². The van der Waals surface area contributed by atoms with E-state index in [0.29, 0.717) is 5.02 Å². The number of halogens is 2. The van der Waals surface area contributed by atoms with Gasteiger partial charge >= 0.3 is 0 Å². The maximum absolute atomic E-state index is 11.5. The van der Waals surface area contributed by atoms with E-state index >= 15 is 0 Å². The third kappa shape index (κ3) is 3.32. The smallest absolute Gasteiger partial charge is 0.262 e. The van der Waals surface area contributed by atoms with Crippen LogP contribution < -0.4 is 4.89 Å². The van der Waals surface area contributed by atoms with Crippen molar-refractivity contribution in [2.75, 3.05) is 6.61 Å². The molecule has 0 aliphatic heterocycles. The van der Waals surface area contributed by atoms with Gasteiger partial charge in [0, 0.05) is 0 Å². The van der Waals surface area contributed by atoms with Crippen LogP contribution in [0.5, 0.6) is 0 Å². The van der Waals surface area contributed by atoms with Gasteiger partial charge in [0.2, 0.25) is 0 Å². The molecule has 0 radical (unpaired) electrons. The Bertz CT molecular complexity index is 447. The molecule has 0 saturated heterocycles. The van der Waals surface area contributed by atoms with Crippen molar-refractivity contribution in [3.8, 4) is 0 Å². The first-order valence-electron chi connectivity index (χ1n) is 4.06. The summed E-state index contributed by atoms with van der Waals surface area (Å²) in [6, 6.07) is 4.01. The van der Waals surface area contributed by atoms with Gasteiger partial charge in [-0.05, 0) is 25.1 Å². The Morgan fingerprint density at radius 2 is 2.00 bits per heavy atom. The summed E-state index contributed by atoms with van der Waals surface area (Å²) in [5, 5.41) is 0.475. The minimum absolute atomic E-state index is 0.00495. The van der Waals surface area contributed by atoms with E-state index in [1.807, 2.05) is 4.89 Å². The normalized spacial score (nSPS) is 11.7. The first-order chi connectivity index (χ1) is 6.97. The fourth-order valence-corrected chi connectivity index (χ4v) is 2.08. The molecule has 0 aliphatic rings. The molecule has 7 heteroatoms. The molecule has 0 amide bonds. The van der Waals surface area contributed by atoms with Gasteiger partial charge in [-0.2, -0.15) is 0 Å². The Labute approximate surface area is 98.1 Å². The minimum Gasteiger partial charge on any atom is -0.287 e. The largest absolute Gasteiger partial charge is 0.287 e. The standard InChI is InChI=1S/C8H9Cl2NO3S/c1-2-14-11-15(12,13)6-3-4-7(9)8(10)5-6/h3-5,11H,2H2,1H3. The molecule has 0 spiro atoms. The Hall–Kier alpha value is -0.330. The lowest BCUT2D eigenvalue weighted by molar-refractivity contribution is 0.105. The van der Waals surface area contributed by atoms with Gasteiger partial charge in [0.05, 0.1) is 21.5 Å². The lowest BCUT2D eigenvalue weighted by Gasteiger charge is -2.06. The van der Waals surface area contributed by atoms with Crippen molar-refractivity contribution in [1.82, 2.24) is 4.89 Å². The summed E-state index contributed by atoms with van der Waals surface area (Å²) >= 11 is 11.3. The lowest BCUT2D eigenvalue weighted by atomic mass is 10.4. The van der Waals surface area contributed by atoms with Gasteiger partial charge in [-0.3, -0.25) is 4.84 Å². The van der Waals surface area contributed by atoms with Crippen molar-refractivity contribution in [3.05, 3.63) is 28.2 Å². The number of benzene rings is 1. The van der Waals surface area contributed by atoms with E-state index in [4.69, 9.17) is 23.2 Å². The number of sulfonamides is 1. The number of nitrogens with one attached hydrogen (secondary N) is 1. The van der Waals surface area contributed by atoms with E-state index in [1.165, 1.54) is 18.2 Å². The van der Waals surface area contributed by atoms with Gasteiger partial charge in [0.1, 0.15) is 0 Å². The summed E-state index contributed by atoms with van der Waals surface area (Å²) in [5.41, 5.74) is 0. The molecule has 1 aromatic carbocycles. The average Bonchev–Trinajstić information content (AvgIpc) is 2.19. The molecule has 0 unspecified atom stereocenters. The molecule has 0 fully saturated rings. The van der Waals surface area contributed by atoms with Gasteiger partial charge in [-0.15, -0.1) is 0 Å². The highest BCUT2D eigenvalue weighted by Gasteiger charge is 2.14. The van der Waals surface area contributed by atoms with Crippen LogP contribution in [0.2, 0.25) is 10.0 Å². The highest BCUT2D eigenvalue weighted by atomic mass is 35.5. The molecule has 0 atom stereocenters. The summed E-state index contributed by atoms with van der Waals surface area (Å²) in [6.07, 6.45) is 0. The zero-order valence-corrected chi connectivity index (χ0v) is 10.2. The second-order valence-corrected chi connectivity index (χ2v) is 5.06. The fourth-order valence-electron chi connectivity index (χ4n) is 0.829. The second-order valence-electron chi connectivity index (χ2n) is 2.60. The van der Waals surface area contributed by atoms with Crippen molar-refractivity contribution >= 4 is 33.2 Å². The number of hydrogen-bond donors (Lipinski definition) is 1. The molecule has 0 saturated carbocycles. The van der Waals surface area contributed by atoms with Crippen molar-refractivity contribution in [2.24, 2.45) is 0 Å². The van der Waals surface area contributed by atoms with Crippen molar-refractivity contribution in [2.45, 2.75) is 11.8 Å². The van der Waals surface area contributed by atoms with E-state index < -0.39 is 10.0 Å². The summed E-state index contributed by atoms with van der Waals surface area (Å²) in [6.45, 7) is 1.90. The van der Waals surface area contributed by atoms with Crippen LogP contribution >= 0.6 is 23.2 Å². The van der Waals surface area contributed by atoms with Crippen LogP contribution in [0.15, 0.2) is 23.1 Å². The molecule has 84 valence electrons. The van der Waals surface area contributed by atoms with Crippen molar-refractivity contribution < 1.29 is 13.3 Å². The van der Waals surface area contributed by atoms with Crippen LogP contribution in [0.4, 0.5) is 0 Å². The fraction of sp³-hybridized carbons (Fsp3) is 0.250. The summed E-state index contributed by atoms with van der Waals surface area (Å²) < 4.78 is 23.0. The van der Waals surface area contributed by atoms with Gasteiger partial charge in [0.15, 0.2) is 0 Å². The van der Waals surface area contributed by atoms with Crippen LogP contribution in [0, 0.1) is 0 Å². The summed E-state index contributed by atoms with van der Waals surface area (Å²) in [5.74, 6) is 0. The average molecular weight is 270 g/mol. The molecule has 1 rings (SSSR count). The van der Waals surface area contributed by atoms with E-state index in [1.54, 1.807) is 6.92 Å². The Kier molecular flexibility index (Phi) is 4.36. The molecule has 0 aliphatic carbocycles. The monoisotopic (exact) mass is 269 g/mol. The number of rotatable bonds is 4. The molecule has 4 nitrogen and oxygen atoms in total. The Balaban J connectivity index is 3.00. The zero-order chi connectivity index (χ0) is 11.5. The summed E-state index contributed by atoms with van der Waals surface area (Å²) in [7, 11) is -3.68. The SMILES string of the molecule is CCONS(=O)(=O)c1ccc(Cl)c(Cl)c1. The first kappa shape index (κ1) is 12.7. The lowest BCUT2D eigenvalue weighted by Crippen LogP contribution is -2.23. The predicted molar refractivity (Wildman–Crippen MR) is 58.4 cm³/mol. The van der Waals surface area contributed by atoms with E-state index in [2.05, 4.69) is 4.84 Å². The molecular weight excluding hydrogens is 261 g/mol. The Morgan fingerprint density at radius 3 is 2.53 bits per heavy atom. The minimum atomic E-state index is -3.68. The molecule has 0 heterocycles.